The minimum absolute atomic E-state index is 0.250. The Morgan fingerprint density at radius 1 is 1.47 bits per heavy atom. The van der Waals surface area contributed by atoms with Gasteiger partial charge in [-0.05, 0) is 18.6 Å². The van der Waals surface area contributed by atoms with E-state index >= 15 is 0 Å². The standard InChI is InChI=1S/C9H10BrClO3S/c1-6-3-4-8(10)7(9(6)14-2)5-15(11,12)13/h3-4H,5H2,1-2H3. The fourth-order valence-electron chi connectivity index (χ4n) is 1.31. The molecule has 84 valence electrons. The van der Waals surface area contributed by atoms with Crippen LogP contribution in [0.1, 0.15) is 11.1 Å². The fourth-order valence-corrected chi connectivity index (χ4v) is 2.91. The summed E-state index contributed by atoms with van der Waals surface area (Å²) in [6, 6.07) is 3.61. The SMILES string of the molecule is COc1c(C)ccc(Br)c1CS(=O)(=O)Cl. The summed E-state index contributed by atoms with van der Waals surface area (Å²) in [5.41, 5.74) is 1.42. The summed E-state index contributed by atoms with van der Waals surface area (Å²) in [5.74, 6) is 0.300. The number of aryl methyl sites for hydroxylation is 1. The number of hydrogen-bond acceptors (Lipinski definition) is 3. The molecule has 15 heavy (non-hydrogen) atoms. The van der Waals surface area contributed by atoms with Crippen molar-refractivity contribution in [2.75, 3.05) is 7.11 Å². The van der Waals surface area contributed by atoms with Gasteiger partial charge in [0.05, 0.1) is 12.9 Å². The third-order valence-electron chi connectivity index (χ3n) is 1.92. The van der Waals surface area contributed by atoms with Crippen LogP contribution in [0.2, 0.25) is 0 Å². The predicted molar refractivity (Wildman–Crippen MR) is 63.9 cm³/mol. The van der Waals surface area contributed by atoms with E-state index in [1.807, 2.05) is 13.0 Å². The first-order chi connectivity index (χ1) is 6.85. The van der Waals surface area contributed by atoms with Crippen LogP contribution in [0.25, 0.3) is 0 Å². The smallest absolute Gasteiger partial charge is 0.236 e. The fraction of sp³-hybridized carbons (Fsp3) is 0.333. The quantitative estimate of drug-likeness (QED) is 0.806. The van der Waals surface area contributed by atoms with Crippen molar-refractivity contribution in [2.24, 2.45) is 0 Å². The number of benzene rings is 1. The van der Waals surface area contributed by atoms with E-state index in [-0.39, 0.29) is 5.75 Å². The van der Waals surface area contributed by atoms with Crippen molar-refractivity contribution in [2.45, 2.75) is 12.7 Å². The summed E-state index contributed by atoms with van der Waals surface area (Å²) < 4.78 is 27.9. The zero-order valence-electron chi connectivity index (χ0n) is 8.25. The van der Waals surface area contributed by atoms with Gasteiger partial charge in [0.1, 0.15) is 5.75 Å². The molecule has 0 unspecified atom stereocenters. The van der Waals surface area contributed by atoms with Gasteiger partial charge in [0.25, 0.3) is 0 Å². The number of ether oxygens (including phenoxy) is 1. The van der Waals surface area contributed by atoms with Crippen LogP contribution in [0.5, 0.6) is 5.75 Å². The van der Waals surface area contributed by atoms with Gasteiger partial charge >= 0.3 is 0 Å². The van der Waals surface area contributed by atoms with Gasteiger partial charge in [-0.25, -0.2) is 8.42 Å². The maximum absolute atomic E-state index is 11.0. The van der Waals surface area contributed by atoms with Crippen LogP contribution in [-0.4, -0.2) is 15.5 Å². The molecule has 0 heterocycles. The highest BCUT2D eigenvalue weighted by Crippen LogP contribution is 2.32. The lowest BCUT2D eigenvalue weighted by molar-refractivity contribution is 0.407. The summed E-state index contributed by atoms with van der Waals surface area (Å²) in [6.07, 6.45) is 0. The van der Waals surface area contributed by atoms with E-state index in [0.29, 0.717) is 15.8 Å². The summed E-state index contributed by atoms with van der Waals surface area (Å²) in [7, 11) is 3.13. The van der Waals surface area contributed by atoms with Gasteiger partial charge in [-0.1, -0.05) is 22.0 Å². The molecule has 0 amide bonds. The first kappa shape index (κ1) is 12.8. The van der Waals surface area contributed by atoms with Crippen molar-refractivity contribution in [3.8, 4) is 5.75 Å². The van der Waals surface area contributed by atoms with Gasteiger partial charge in [0.15, 0.2) is 0 Å². The topological polar surface area (TPSA) is 43.4 Å². The second kappa shape index (κ2) is 4.72. The van der Waals surface area contributed by atoms with E-state index in [9.17, 15) is 8.42 Å². The molecule has 0 spiro atoms. The average Bonchev–Trinajstić information content (AvgIpc) is 2.10. The number of methoxy groups -OCH3 is 1. The molecular formula is C9H10BrClO3S. The molecule has 0 aromatic heterocycles. The van der Waals surface area contributed by atoms with Crippen LogP contribution in [0.15, 0.2) is 16.6 Å². The second-order valence-electron chi connectivity index (χ2n) is 3.06. The van der Waals surface area contributed by atoms with Crippen LogP contribution in [0.4, 0.5) is 0 Å². The largest absolute Gasteiger partial charge is 0.496 e. The average molecular weight is 314 g/mol. The molecule has 0 bridgehead atoms. The molecule has 0 aliphatic rings. The first-order valence-electron chi connectivity index (χ1n) is 4.09. The third kappa shape index (κ3) is 3.36. The molecule has 0 saturated heterocycles. The van der Waals surface area contributed by atoms with Crippen LogP contribution in [-0.2, 0) is 14.8 Å². The molecule has 0 aliphatic heterocycles. The van der Waals surface area contributed by atoms with Crippen LogP contribution < -0.4 is 4.74 Å². The summed E-state index contributed by atoms with van der Waals surface area (Å²) in [4.78, 5) is 0. The van der Waals surface area contributed by atoms with Crippen molar-refractivity contribution in [1.29, 1.82) is 0 Å². The Kier molecular flexibility index (Phi) is 4.03. The molecule has 0 N–H and O–H groups in total. The predicted octanol–water partition coefficient (Wildman–Crippen LogP) is 2.83. The molecule has 0 saturated carbocycles. The normalized spacial score (nSPS) is 11.5. The van der Waals surface area contributed by atoms with E-state index in [1.54, 1.807) is 6.07 Å². The lowest BCUT2D eigenvalue weighted by Crippen LogP contribution is -2.01. The van der Waals surface area contributed by atoms with Gasteiger partial charge in [0.2, 0.25) is 9.05 Å². The van der Waals surface area contributed by atoms with Crippen molar-refractivity contribution >= 4 is 35.7 Å². The molecule has 0 aliphatic carbocycles. The minimum atomic E-state index is -3.59. The van der Waals surface area contributed by atoms with Crippen molar-refractivity contribution in [3.63, 3.8) is 0 Å². The third-order valence-corrected chi connectivity index (χ3v) is 3.62. The zero-order chi connectivity index (χ0) is 11.6. The van der Waals surface area contributed by atoms with E-state index in [4.69, 9.17) is 15.4 Å². The van der Waals surface area contributed by atoms with E-state index in [2.05, 4.69) is 15.9 Å². The first-order valence-corrected chi connectivity index (χ1v) is 7.36. The zero-order valence-corrected chi connectivity index (χ0v) is 11.4. The molecule has 6 heteroatoms. The Balaban J connectivity index is 3.32. The Labute approximate surface area is 102 Å². The molecule has 1 rings (SSSR count). The van der Waals surface area contributed by atoms with Gasteiger partial charge in [0, 0.05) is 20.7 Å². The van der Waals surface area contributed by atoms with Crippen molar-refractivity contribution in [3.05, 3.63) is 27.7 Å². The van der Waals surface area contributed by atoms with Gasteiger partial charge in [-0.3, -0.25) is 0 Å². The number of hydrogen-bond donors (Lipinski definition) is 0. The summed E-state index contributed by atoms with van der Waals surface area (Å²) >= 11 is 3.27. The Bertz CT molecular complexity index is 470. The molecule has 0 fully saturated rings. The van der Waals surface area contributed by atoms with Crippen molar-refractivity contribution < 1.29 is 13.2 Å². The second-order valence-corrected chi connectivity index (χ2v) is 6.69. The minimum Gasteiger partial charge on any atom is -0.496 e. The molecular weight excluding hydrogens is 304 g/mol. The van der Waals surface area contributed by atoms with Gasteiger partial charge < -0.3 is 4.74 Å². The highest BCUT2D eigenvalue weighted by Gasteiger charge is 2.16. The van der Waals surface area contributed by atoms with Gasteiger partial charge in [-0.2, -0.15) is 0 Å². The lowest BCUT2D eigenvalue weighted by Gasteiger charge is -2.11. The van der Waals surface area contributed by atoms with Crippen LogP contribution in [0.3, 0.4) is 0 Å². The summed E-state index contributed by atoms with van der Waals surface area (Å²) in [5, 5.41) is 0. The van der Waals surface area contributed by atoms with E-state index < -0.39 is 9.05 Å². The van der Waals surface area contributed by atoms with Gasteiger partial charge in [-0.15, -0.1) is 0 Å². The summed E-state index contributed by atoms with van der Waals surface area (Å²) in [6.45, 7) is 1.84. The maximum Gasteiger partial charge on any atom is 0.236 e. The highest BCUT2D eigenvalue weighted by atomic mass is 79.9. The van der Waals surface area contributed by atoms with Crippen LogP contribution in [0, 0.1) is 6.92 Å². The van der Waals surface area contributed by atoms with Crippen LogP contribution >= 0.6 is 26.6 Å². The monoisotopic (exact) mass is 312 g/mol. The Morgan fingerprint density at radius 2 is 2.07 bits per heavy atom. The maximum atomic E-state index is 11.0. The number of rotatable bonds is 3. The molecule has 1 aromatic rings. The molecule has 0 radical (unpaired) electrons. The Morgan fingerprint density at radius 3 is 2.53 bits per heavy atom. The molecule has 0 atom stereocenters. The highest BCUT2D eigenvalue weighted by molar-refractivity contribution is 9.10. The van der Waals surface area contributed by atoms with E-state index in [1.165, 1.54) is 7.11 Å². The molecule has 1 aromatic carbocycles. The van der Waals surface area contributed by atoms with E-state index in [0.717, 1.165) is 5.56 Å². The Hall–Kier alpha value is -0.260. The molecule has 3 nitrogen and oxygen atoms in total. The lowest BCUT2D eigenvalue weighted by atomic mass is 10.1. The van der Waals surface area contributed by atoms with Crippen molar-refractivity contribution in [1.82, 2.24) is 0 Å². The number of halogens is 2.